The minimum absolute atomic E-state index is 0.599. The van der Waals surface area contributed by atoms with Crippen molar-refractivity contribution in [1.82, 2.24) is 5.32 Å². The smallest absolute Gasteiger partial charge is 0.212 e. The summed E-state index contributed by atoms with van der Waals surface area (Å²) in [6, 6.07) is 7.49. The number of nitrogens with one attached hydrogen (secondary N) is 1. The Balaban J connectivity index is 0.000000686. The number of rotatable bonds is 1. The number of nitrogens with two attached hydrogens (primary N) is 1. The minimum atomic E-state index is 0.599. The van der Waals surface area contributed by atoms with E-state index in [0.717, 1.165) is 25.0 Å². The summed E-state index contributed by atoms with van der Waals surface area (Å²) < 4.78 is 0. The van der Waals surface area contributed by atoms with Crippen LogP contribution in [0.1, 0.15) is 0 Å². The van der Waals surface area contributed by atoms with Crippen LogP contribution in [0, 0.1) is 11.5 Å². The topological polar surface area (TPSA) is 97.7 Å². The molecule has 6 nitrogen and oxygen atoms in total. The average Bonchev–Trinajstić information content (AvgIpc) is 2.82. The minimum Gasteiger partial charge on any atom is -0.400 e. The molecule has 90 valence electrons. The summed E-state index contributed by atoms with van der Waals surface area (Å²) in [4.78, 5) is 6.13. The van der Waals surface area contributed by atoms with E-state index in [1.165, 1.54) is 0 Å². The van der Waals surface area contributed by atoms with Crippen molar-refractivity contribution in [2.45, 2.75) is 0 Å². The quantitative estimate of drug-likeness (QED) is 0.364. The number of anilines is 2. The standard InChI is InChI=1S/C10H11N5.CH4O/c11-7-14-10-13-5-6-15(10)9-3-1-8(12)2-4-9;1-2/h1-4H,5-6,12H2,(H,13,14);2H,1H3. The van der Waals surface area contributed by atoms with Crippen molar-refractivity contribution < 1.29 is 5.11 Å². The predicted octanol–water partition coefficient (Wildman–Crippen LogP) is 0.124. The first-order valence-electron chi connectivity index (χ1n) is 5.08. The van der Waals surface area contributed by atoms with Crippen molar-refractivity contribution in [3.05, 3.63) is 24.3 Å². The van der Waals surface area contributed by atoms with Crippen LogP contribution in [0.4, 0.5) is 11.4 Å². The normalized spacial score (nSPS) is 13.2. The van der Waals surface area contributed by atoms with Crippen molar-refractivity contribution in [2.24, 2.45) is 4.99 Å². The maximum Gasteiger partial charge on any atom is 0.212 e. The molecule has 0 aromatic heterocycles. The Morgan fingerprint density at radius 3 is 2.65 bits per heavy atom. The van der Waals surface area contributed by atoms with Gasteiger partial charge in [0.05, 0.1) is 6.54 Å². The zero-order valence-electron chi connectivity index (χ0n) is 9.59. The first kappa shape index (κ1) is 12.8. The number of aliphatic hydroxyl groups is 1. The van der Waals surface area contributed by atoms with Gasteiger partial charge in [-0.2, -0.15) is 5.26 Å². The summed E-state index contributed by atoms with van der Waals surface area (Å²) >= 11 is 0. The molecule has 2 rings (SSSR count). The molecule has 4 N–H and O–H groups in total. The van der Waals surface area contributed by atoms with Crippen molar-refractivity contribution in [2.75, 3.05) is 30.8 Å². The van der Waals surface area contributed by atoms with Crippen molar-refractivity contribution >= 4 is 17.3 Å². The van der Waals surface area contributed by atoms with Gasteiger partial charge in [0, 0.05) is 25.0 Å². The van der Waals surface area contributed by atoms with Gasteiger partial charge in [-0.05, 0) is 24.3 Å². The van der Waals surface area contributed by atoms with Crippen LogP contribution in [0.5, 0.6) is 0 Å². The number of nitrogens with zero attached hydrogens (tertiary/aromatic N) is 3. The lowest BCUT2D eigenvalue weighted by molar-refractivity contribution is 0.399. The fourth-order valence-corrected chi connectivity index (χ4v) is 1.51. The van der Waals surface area contributed by atoms with Gasteiger partial charge < -0.3 is 15.7 Å². The molecule has 0 bridgehead atoms. The Morgan fingerprint density at radius 1 is 1.41 bits per heavy atom. The maximum atomic E-state index is 8.55. The summed E-state index contributed by atoms with van der Waals surface area (Å²) in [6.45, 7) is 1.49. The summed E-state index contributed by atoms with van der Waals surface area (Å²) in [7, 11) is 1.00. The third-order valence-electron chi connectivity index (χ3n) is 2.21. The molecule has 0 radical (unpaired) electrons. The molecular formula is C11H15N5O. The van der Waals surface area contributed by atoms with Gasteiger partial charge >= 0.3 is 0 Å². The molecule has 0 unspecified atom stereocenters. The summed E-state index contributed by atoms with van der Waals surface area (Å²) in [5.41, 5.74) is 7.32. The molecule has 17 heavy (non-hydrogen) atoms. The van der Waals surface area contributed by atoms with Gasteiger partial charge in [0.25, 0.3) is 0 Å². The molecular weight excluding hydrogens is 218 g/mol. The Labute approximate surface area is 100.0 Å². The van der Waals surface area contributed by atoms with Crippen LogP contribution in [0.15, 0.2) is 29.3 Å². The van der Waals surface area contributed by atoms with Gasteiger partial charge in [0.15, 0.2) is 6.19 Å². The lowest BCUT2D eigenvalue weighted by atomic mass is 10.2. The van der Waals surface area contributed by atoms with Gasteiger partial charge in [0.2, 0.25) is 5.96 Å². The van der Waals surface area contributed by atoms with Gasteiger partial charge in [-0.25, -0.2) is 0 Å². The number of hydrogen-bond donors (Lipinski definition) is 3. The molecule has 1 aromatic carbocycles. The van der Waals surface area contributed by atoms with E-state index in [1.807, 2.05) is 35.4 Å². The number of benzene rings is 1. The third-order valence-corrected chi connectivity index (χ3v) is 2.21. The Morgan fingerprint density at radius 2 is 2.06 bits per heavy atom. The largest absolute Gasteiger partial charge is 0.400 e. The first-order chi connectivity index (χ1) is 8.31. The van der Waals surface area contributed by atoms with E-state index in [4.69, 9.17) is 16.1 Å². The monoisotopic (exact) mass is 233 g/mol. The fourth-order valence-electron chi connectivity index (χ4n) is 1.51. The lowest BCUT2D eigenvalue weighted by Gasteiger charge is -2.18. The molecule has 0 spiro atoms. The van der Waals surface area contributed by atoms with Crippen LogP contribution >= 0.6 is 0 Å². The van der Waals surface area contributed by atoms with Gasteiger partial charge in [-0.3, -0.25) is 10.3 Å². The zero-order valence-corrected chi connectivity index (χ0v) is 9.59. The second-order valence-corrected chi connectivity index (χ2v) is 3.19. The van der Waals surface area contributed by atoms with Crippen LogP contribution in [0.2, 0.25) is 0 Å². The second kappa shape index (κ2) is 6.35. The van der Waals surface area contributed by atoms with Crippen molar-refractivity contribution in [1.29, 1.82) is 5.26 Å². The predicted molar refractivity (Wildman–Crippen MR) is 67.4 cm³/mol. The maximum absolute atomic E-state index is 8.55. The summed E-state index contributed by atoms with van der Waals surface area (Å²) in [5.74, 6) is 0.599. The summed E-state index contributed by atoms with van der Waals surface area (Å²) in [6.07, 6.45) is 1.87. The highest BCUT2D eigenvalue weighted by Crippen LogP contribution is 2.18. The first-order valence-corrected chi connectivity index (χ1v) is 5.08. The number of aliphatic hydroxyl groups excluding tert-OH is 1. The van der Waals surface area contributed by atoms with E-state index >= 15 is 0 Å². The number of nitrogen functional groups attached to an aromatic ring is 1. The van der Waals surface area contributed by atoms with Crippen LogP contribution in [0.25, 0.3) is 0 Å². The molecule has 0 saturated carbocycles. The Hall–Kier alpha value is -2.26. The van der Waals surface area contributed by atoms with Gasteiger partial charge in [0.1, 0.15) is 0 Å². The van der Waals surface area contributed by atoms with Crippen molar-refractivity contribution in [3.8, 4) is 6.19 Å². The molecule has 1 heterocycles. The number of nitriles is 1. The average molecular weight is 233 g/mol. The molecule has 1 aliphatic heterocycles. The van der Waals surface area contributed by atoms with Crippen molar-refractivity contribution in [3.63, 3.8) is 0 Å². The van der Waals surface area contributed by atoms with Gasteiger partial charge in [-0.1, -0.05) is 0 Å². The van der Waals surface area contributed by atoms with Crippen LogP contribution in [-0.2, 0) is 0 Å². The van der Waals surface area contributed by atoms with E-state index in [9.17, 15) is 0 Å². The molecule has 1 aliphatic rings. The highest BCUT2D eigenvalue weighted by Gasteiger charge is 2.17. The van der Waals surface area contributed by atoms with Crippen LogP contribution in [-0.4, -0.2) is 31.3 Å². The van der Waals surface area contributed by atoms with E-state index < -0.39 is 0 Å². The Kier molecular flexibility index (Phi) is 4.78. The van der Waals surface area contributed by atoms with E-state index in [1.54, 1.807) is 0 Å². The molecule has 0 aliphatic carbocycles. The zero-order chi connectivity index (χ0) is 12.7. The van der Waals surface area contributed by atoms with E-state index in [-0.39, 0.29) is 0 Å². The second-order valence-electron chi connectivity index (χ2n) is 3.19. The highest BCUT2D eigenvalue weighted by atomic mass is 16.2. The fraction of sp³-hybridized carbons (Fsp3) is 0.273. The molecule has 0 amide bonds. The molecule has 0 atom stereocenters. The van der Waals surface area contributed by atoms with E-state index in [2.05, 4.69) is 10.3 Å². The summed E-state index contributed by atoms with van der Waals surface area (Å²) in [5, 5.41) is 18.1. The Bertz CT molecular complexity index is 420. The number of aliphatic imine (C=N–C) groups is 1. The van der Waals surface area contributed by atoms with E-state index in [0.29, 0.717) is 12.5 Å². The molecule has 0 fully saturated rings. The SMILES string of the molecule is CO.N#CNC1=NCCN1c1ccc(N)cc1. The molecule has 0 saturated heterocycles. The van der Waals surface area contributed by atoms with Crippen LogP contribution < -0.4 is 16.0 Å². The van der Waals surface area contributed by atoms with Crippen LogP contribution in [0.3, 0.4) is 0 Å². The number of guanidine groups is 1. The highest BCUT2D eigenvalue weighted by molar-refractivity contribution is 5.98. The lowest BCUT2D eigenvalue weighted by Crippen LogP contribution is -2.35. The van der Waals surface area contributed by atoms with Gasteiger partial charge in [-0.15, -0.1) is 0 Å². The molecule has 1 aromatic rings. The molecule has 6 heteroatoms. The third kappa shape index (κ3) is 3.09. The number of hydrogen-bond acceptors (Lipinski definition) is 6.